The van der Waals surface area contributed by atoms with Crippen LogP contribution in [0.3, 0.4) is 0 Å². The van der Waals surface area contributed by atoms with Crippen LogP contribution in [-0.2, 0) is 5.41 Å². The van der Waals surface area contributed by atoms with Gasteiger partial charge in [-0.3, -0.25) is 4.79 Å². The van der Waals surface area contributed by atoms with Gasteiger partial charge in [0.15, 0.2) is 0 Å². The number of hydrogen-bond donors (Lipinski definition) is 1. The summed E-state index contributed by atoms with van der Waals surface area (Å²) in [5.41, 5.74) is 0.387. The number of hydrogen-bond acceptors (Lipinski definition) is 1. The SMILES string of the molecule is CC1(C)C=Cc2c(F)c[nH]c(=O)c21. The molecule has 2 rings (SSSR count). The number of rotatable bonds is 0. The number of nitrogens with one attached hydrogen (secondary N) is 1. The molecule has 1 aromatic rings. The van der Waals surface area contributed by atoms with E-state index in [0.717, 1.165) is 6.20 Å². The lowest BCUT2D eigenvalue weighted by Gasteiger charge is -2.15. The molecule has 0 amide bonds. The van der Waals surface area contributed by atoms with Gasteiger partial charge in [-0.2, -0.15) is 0 Å². The van der Waals surface area contributed by atoms with Crippen molar-refractivity contribution >= 4 is 6.08 Å². The molecule has 13 heavy (non-hydrogen) atoms. The van der Waals surface area contributed by atoms with Crippen LogP contribution in [0.1, 0.15) is 25.0 Å². The summed E-state index contributed by atoms with van der Waals surface area (Å²) < 4.78 is 13.2. The van der Waals surface area contributed by atoms with E-state index in [-0.39, 0.29) is 16.8 Å². The molecule has 0 atom stereocenters. The summed E-state index contributed by atoms with van der Waals surface area (Å²) in [5.74, 6) is -0.364. The third kappa shape index (κ3) is 1.03. The van der Waals surface area contributed by atoms with Crippen molar-refractivity contribution in [2.24, 2.45) is 0 Å². The summed E-state index contributed by atoms with van der Waals surface area (Å²) in [5, 5.41) is 0. The Morgan fingerprint density at radius 3 is 2.77 bits per heavy atom. The standard InChI is InChI=1S/C10H10FNO/c1-10(2)4-3-6-7(11)5-12-9(13)8(6)10/h3-5H,1-2H3,(H,12,13). The highest BCUT2D eigenvalue weighted by Crippen LogP contribution is 2.33. The summed E-state index contributed by atoms with van der Waals surface area (Å²) >= 11 is 0. The molecule has 1 aromatic heterocycles. The molecule has 1 N–H and O–H groups in total. The molecule has 3 heteroatoms. The van der Waals surface area contributed by atoms with E-state index in [1.165, 1.54) is 0 Å². The highest BCUT2D eigenvalue weighted by atomic mass is 19.1. The Morgan fingerprint density at radius 1 is 1.46 bits per heavy atom. The average Bonchev–Trinajstić information content (AvgIpc) is 2.36. The van der Waals surface area contributed by atoms with Gasteiger partial charge in [0, 0.05) is 22.7 Å². The topological polar surface area (TPSA) is 32.9 Å². The molecular formula is C10H10FNO. The van der Waals surface area contributed by atoms with Crippen LogP contribution in [-0.4, -0.2) is 4.98 Å². The third-order valence-corrected chi connectivity index (χ3v) is 2.39. The van der Waals surface area contributed by atoms with Gasteiger partial charge in [0.25, 0.3) is 5.56 Å². The Kier molecular flexibility index (Phi) is 1.46. The molecule has 1 heterocycles. The number of allylic oxidation sites excluding steroid dienone is 1. The Morgan fingerprint density at radius 2 is 2.15 bits per heavy atom. The normalized spacial score (nSPS) is 17.5. The Balaban J connectivity index is 2.83. The lowest BCUT2D eigenvalue weighted by Crippen LogP contribution is -2.24. The summed E-state index contributed by atoms with van der Waals surface area (Å²) in [6, 6.07) is 0. The predicted octanol–water partition coefficient (Wildman–Crippen LogP) is 1.82. The molecular weight excluding hydrogens is 169 g/mol. The molecule has 0 fully saturated rings. The first kappa shape index (κ1) is 8.23. The van der Waals surface area contributed by atoms with Crippen LogP contribution in [0.5, 0.6) is 0 Å². The molecule has 0 bridgehead atoms. The summed E-state index contributed by atoms with van der Waals surface area (Å²) in [6.07, 6.45) is 4.61. The fourth-order valence-electron chi connectivity index (χ4n) is 1.70. The van der Waals surface area contributed by atoms with Crippen molar-refractivity contribution in [1.29, 1.82) is 0 Å². The van der Waals surface area contributed by atoms with Crippen LogP contribution in [0, 0.1) is 5.82 Å². The van der Waals surface area contributed by atoms with Crippen molar-refractivity contribution in [2.75, 3.05) is 0 Å². The van der Waals surface area contributed by atoms with Crippen LogP contribution >= 0.6 is 0 Å². The number of halogens is 1. The summed E-state index contributed by atoms with van der Waals surface area (Å²) in [7, 11) is 0. The second kappa shape index (κ2) is 2.31. The average molecular weight is 179 g/mol. The molecule has 0 saturated heterocycles. The maximum absolute atomic E-state index is 13.2. The molecule has 0 spiro atoms. The van der Waals surface area contributed by atoms with Gasteiger partial charge in [-0.15, -0.1) is 0 Å². The van der Waals surface area contributed by atoms with Crippen molar-refractivity contribution < 1.29 is 4.39 Å². The van der Waals surface area contributed by atoms with Gasteiger partial charge in [0.05, 0.1) is 0 Å². The van der Waals surface area contributed by atoms with Gasteiger partial charge >= 0.3 is 0 Å². The van der Waals surface area contributed by atoms with E-state index in [1.807, 2.05) is 19.9 Å². The van der Waals surface area contributed by atoms with Crippen LogP contribution in [0.2, 0.25) is 0 Å². The van der Waals surface area contributed by atoms with Gasteiger partial charge in [0.2, 0.25) is 0 Å². The minimum Gasteiger partial charge on any atom is -0.326 e. The first-order valence-corrected chi connectivity index (χ1v) is 4.13. The first-order chi connectivity index (χ1) is 6.02. The number of aromatic nitrogens is 1. The number of H-pyrrole nitrogens is 1. The second-order valence-electron chi connectivity index (χ2n) is 3.81. The molecule has 1 aliphatic carbocycles. The Hall–Kier alpha value is -1.38. The zero-order valence-electron chi connectivity index (χ0n) is 7.52. The molecule has 68 valence electrons. The van der Waals surface area contributed by atoms with Gasteiger partial charge < -0.3 is 4.98 Å². The Labute approximate surface area is 75.1 Å². The van der Waals surface area contributed by atoms with Crippen molar-refractivity contribution in [3.8, 4) is 0 Å². The zero-order valence-corrected chi connectivity index (χ0v) is 7.52. The molecule has 0 saturated carbocycles. The minimum absolute atomic E-state index is 0.202. The van der Waals surface area contributed by atoms with E-state index in [1.54, 1.807) is 6.08 Å². The lowest BCUT2D eigenvalue weighted by atomic mass is 9.88. The summed E-state index contributed by atoms with van der Waals surface area (Å²) in [4.78, 5) is 13.8. The van der Waals surface area contributed by atoms with Crippen molar-refractivity contribution in [3.63, 3.8) is 0 Å². The molecule has 0 aromatic carbocycles. The lowest BCUT2D eigenvalue weighted by molar-refractivity contribution is 0.601. The highest BCUT2D eigenvalue weighted by molar-refractivity contribution is 5.64. The Bertz CT molecular complexity index is 443. The quantitative estimate of drug-likeness (QED) is 0.647. The van der Waals surface area contributed by atoms with Gasteiger partial charge in [-0.05, 0) is 0 Å². The largest absolute Gasteiger partial charge is 0.326 e. The third-order valence-electron chi connectivity index (χ3n) is 2.39. The zero-order chi connectivity index (χ0) is 9.64. The maximum atomic E-state index is 13.2. The van der Waals surface area contributed by atoms with E-state index in [2.05, 4.69) is 4.98 Å². The number of fused-ring (bicyclic) bond motifs is 1. The minimum atomic E-state index is -0.364. The molecule has 0 radical (unpaired) electrons. The second-order valence-corrected chi connectivity index (χ2v) is 3.81. The fraction of sp³-hybridized carbons (Fsp3) is 0.300. The van der Waals surface area contributed by atoms with Gasteiger partial charge in [-0.25, -0.2) is 4.39 Å². The summed E-state index contributed by atoms with van der Waals surface area (Å²) in [6.45, 7) is 3.79. The van der Waals surface area contributed by atoms with E-state index in [4.69, 9.17) is 0 Å². The van der Waals surface area contributed by atoms with E-state index in [0.29, 0.717) is 11.1 Å². The maximum Gasteiger partial charge on any atom is 0.252 e. The van der Waals surface area contributed by atoms with Crippen LogP contribution in [0.4, 0.5) is 4.39 Å². The van der Waals surface area contributed by atoms with Gasteiger partial charge in [-0.1, -0.05) is 26.0 Å². The molecule has 2 nitrogen and oxygen atoms in total. The van der Waals surface area contributed by atoms with Crippen LogP contribution < -0.4 is 5.56 Å². The molecule has 1 aliphatic rings. The van der Waals surface area contributed by atoms with E-state index < -0.39 is 0 Å². The molecule has 0 aliphatic heterocycles. The van der Waals surface area contributed by atoms with Crippen LogP contribution in [0.25, 0.3) is 6.08 Å². The van der Waals surface area contributed by atoms with E-state index in [9.17, 15) is 9.18 Å². The highest BCUT2D eigenvalue weighted by Gasteiger charge is 2.29. The number of pyridine rings is 1. The van der Waals surface area contributed by atoms with Crippen LogP contribution in [0.15, 0.2) is 17.1 Å². The van der Waals surface area contributed by atoms with E-state index >= 15 is 0 Å². The first-order valence-electron chi connectivity index (χ1n) is 4.13. The smallest absolute Gasteiger partial charge is 0.252 e. The fourth-order valence-corrected chi connectivity index (χ4v) is 1.70. The number of aromatic amines is 1. The van der Waals surface area contributed by atoms with Gasteiger partial charge in [0.1, 0.15) is 5.82 Å². The predicted molar refractivity (Wildman–Crippen MR) is 49.1 cm³/mol. The molecule has 0 unspecified atom stereocenters. The van der Waals surface area contributed by atoms with Crippen molar-refractivity contribution in [3.05, 3.63) is 39.6 Å². The van der Waals surface area contributed by atoms with Crippen molar-refractivity contribution in [1.82, 2.24) is 4.98 Å². The van der Waals surface area contributed by atoms with Crippen molar-refractivity contribution in [2.45, 2.75) is 19.3 Å². The monoisotopic (exact) mass is 179 g/mol.